The summed E-state index contributed by atoms with van der Waals surface area (Å²) in [6.07, 6.45) is 40.1. The van der Waals surface area contributed by atoms with Crippen LogP contribution in [0.15, 0.2) is 0 Å². The van der Waals surface area contributed by atoms with Crippen LogP contribution in [0.4, 0.5) is 0 Å². The van der Waals surface area contributed by atoms with Gasteiger partial charge in [0.1, 0.15) is 0 Å². The Morgan fingerprint density at radius 2 is 0.488 bits per heavy atom. The van der Waals surface area contributed by atoms with Gasteiger partial charge in [-0.2, -0.15) is 0 Å². The third-order valence-corrected chi connectivity index (χ3v) is 8.20. The van der Waals surface area contributed by atoms with Gasteiger partial charge in [0, 0.05) is 12.8 Å². The van der Waals surface area contributed by atoms with Crippen molar-refractivity contribution in [3.8, 4) is 0 Å². The number of ether oxygens (including phenoxy) is 1. The Kier molecular flexibility index (Phi) is 49.5. The fraction of sp³-hybridized carbons (Fsp3) is 0.944. The van der Waals surface area contributed by atoms with E-state index < -0.39 is 0 Å². The molecule has 0 aliphatic carbocycles. The second-order valence-electron chi connectivity index (χ2n) is 12.2. The third kappa shape index (κ3) is 42.4. The third-order valence-electron chi connectivity index (χ3n) is 8.20. The molecule has 41 heavy (non-hydrogen) atoms. The Bertz CT molecular complexity index is 469. The van der Waals surface area contributed by atoms with Crippen LogP contribution >= 0.6 is 0 Å². The van der Waals surface area contributed by atoms with Crippen molar-refractivity contribution in [2.45, 2.75) is 219 Å². The molecule has 0 aromatic heterocycles. The molecule has 3 nitrogen and oxygen atoms in total. The van der Waals surface area contributed by atoms with Crippen LogP contribution in [0.5, 0.6) is 0 Å². The zero-order valence-electron chi connectivity index (χ0n) is 26.9. The van der Waals surface area contributed by atoms with E-state index in [-0.39, 0.29) is 115 Å². The van der Waals surface area contributed by atoms with Crippen LogP contribution in [-0.2, 0) is 14.3 Å². The molecule has 0 rings (SSSR count). The van der Waals surface area contributed by atoms with E-state index in [0.717, 1.165) is 25.7 Å². The standard InChI is InChI=1S/C36H70O3.2K.2H/c1-3-5-7-9-11-13-15-17-19-21-23-25-27-29-31-33-35(37)39-36(38)34-32-30-28-26-24-22-20-18-16-14-12-10-8-6-4-2;;;;/h3-34H2,1-2H3;;;;. The number of unbranched alkanes of at least 4 members (excludes halogenated alkanes) is 28. The number of carbonyl (C=O) groups excluding carboxylic acids is 2. The number of hydrogen-bond donors (Lipinski definition) is 0. The van der Waals surface area contributed by atoms with Crippen LogP contribution in [0.1, 0.15) is 219 Å². The van der Waals surface area contributed by atoms with Crippen LogP contribution in [0.25, 0.3) is 0 Å². The average Bonchev–Trinajstić information content (AvgIpc) is 2.93. The first kappa shape index (κ1) is 47.8. The molecule has 0 unspecified atom stereocenters. The predicted octanol–water partition coefficient (Wildman–Crippen LogP) is 11.3. The zero-order valence-corrected chi connectivity index (χ0v) is 26.9. The molecule has 0 bridgehead atoms. The Balaban J connectivity index is -0.00000722. The summed E-state index contributed by atoms with van der Waals surface area (Å²) in [5, 5.41) is 0. The quantitative estimate of drug-likeness (QED) is 0.0321. The number of rotatable bonds is 32. The van der Waals surface area contributed by atoms with Crippen LogP contribution < -0.4 is 0 Å². The van der Waals surface area contributed by atoms with Crippen LogP contribution in [0.2, 0.25) is 0 Å². The molecule has 0 heterocycles. The summed E-state index contributed by atoms with van der Waals surface area (Å²) < 4.78 is 5.01. The van der Waals surface area contributed by atoms with Crippen molar-refractivity contribution in [2.75, 3.05) is 0 Å². The molecule has 236 valence electrons. The molecule has 0 saturated carbocycles. The zero-order chi connectivity index (χ0) is 28.5. The average molecular weight is 631 g/mol. The van der Waals surface area contributed by atoms with Crippen LogP contribution in [0, 0.1) is 0 Å². The van der Waals surface area contributed by atoms with Gasteiger partial charge < -0.3 is 4.74 Å². The monoisotopic (exact) mass is 630 g/mol. The molecule has 0 aliphatic heterocycles. The van der Waals surface area contributed by atoms with Crippen LogP contribution in [-0.4, -0.2) is 115 Å². The van der Waals surface area contributed by atoms with E-state index in [1.807, 2.05) is 0 Å². The molecule has 0 aliphatic rings. The minimum atomic E-state index is -0.323. The van der Waals surface area contributed by atoms with Crippen molar-refractivity contribution < 1.29 is 14.3 Å². The van der Waals surface area contributed by atoms with E-state index in [0.29, 0.717) is 12.8 Å². The van der Waals surface area contributed by atoms with Gasteiger partial charge >= 0.3 is 115 Å². The Morgan fingerprint density at radius 1 is 0.317 bits per heavy atom. The Hall–Kier alpha value is 2.41. The maximum atomic E-state index is 11.9. The molecule has 0 amide bonds. The van der Waals surface area contributed by atoms with E-state index in [9.17, 15) is 9.59 Å². The van der Waals surface area contributed by atoms with Gasteiger partial charge in [-0.05, 0) is 12.8 Å². The summed E-state index contributed by atoms with van der Waals surface area (Å²) in [7, 11) is 0. The molecular weight excluding hydrogens is 559 g/mol. The number of esters is 2. The van der Waals surface area contributed by atoms with Crippen LogP contribution in [0.3, 0.4) is 0 Å². The summed E-state index contributed by atoms with van der Waals surface area (Å²) in [5.41, 5.74) is 0. The second-order valence-corrected chi connectivity index (χ2v) is 12.2. The second kappa shape index (κ2) is 42.4. The maximum absolute atomic E-state index is 11.9. The van der Waals surface area contributed by atoms with Gasteiger partial charge in [0.05, 0.1) is 0 Å². The van der Waals surface area contributed by atoms with Gasteiger partial charge in [-0.1, -0.05) is 194 Å². The van der Waals surface area contributed by atoms with Gasteiger partial charge in [0.15, 0.2) is 0 Å². The molecule has 0 atom stereocenters. The molecule has 0 aromatic rings. The molecule has 0 saturated heterocycles. The van der Waals surface area contributed by atoms with Crippen molar-refractivity contribution in [3.05, 3.63) is 0 Å². The van der Waals surface area contributed by atoms with E-state index >= 15 is 0 Å². The normalized spacial score (nSPS) is 10.7. The van der Waals surface area contributed by atoms with E-state index in [2.05, 4.69) is 13.8 Å². The van der Waals surface area contributed by atoms with Crippen molar-refractivity contribution >= 4 is 115 Å². The van der Waals surface area contributed by atoms with Gasteiger partial charge in [0.2, 0.25) is 0 Å². The molecule has 0 radical (unpaired) electrons. The van der Waals surface area contributed by atoms with Gasteiger partial charge in [0.25, 0.3) is 0 Å². The molecular formula is C36H72K2O3. The summed E-state index contributed by atoms with van der Waals surface area (Å²) >= 11 is 0. The number of hydrogen-bond acceptors (Lipinski definition) is 3. The van der Waals surface area contributed by atoms with Gasteiger partial charge in [-0.3, -0.25) is 9.59 Å². The summed E-state index contributed by atoms with van der Waals surface area (Å²) in [5.74, 6) is -0.647. The summed E-state index contributed by atoms with van der Waals surface area (Å²) in [4.78, 5) is 23.8. The molecule has 0 spiro atoms. The van der Waals surface area contributed by atoms with Crippen molar-refractivity contribution in [3.63, 3.8) is 0 Å². The SMILES string of the molecule is CCCCCCCCCCCCCCCCCC(=O)OC(=O)CCCCCCCCCCCCCCCCC.[KH].[KH]. The molecule has 0 N–H and O–H groups in total. The topological polar surface area (TPSA) is 43.4 Å². The van der Waals surface area contributed by atoms with E-state index in [4.69, 9.17) is 4.74 Å². The minimum absolute atomic E-state index is 0. The van der Waals surface area contributed by atoms with Gasteiger partial charge in [-0.15, -0.1) is 0 Å². The fourth-order valence-electron chi connectivity index (χ4n) is 5.51. The van der Waals surface area contributed by atoms with Gasteiger partial charge in [-0.25, -0.2) is 0 Å². The first-order chi connectivity index (χ1) is 19.2. The molecule has 0 aromatic carbocycles. The predicted molar refractivity (Wildman–Crippen MR) is 184 cm³/mol. The first-order valence-corrected chi connectivity index (χ1v) is 17.9. The van der Waals surface area contributed by atoms with Crippen molar-refractivity contribution in [1.82, 2.24) is 0 Å². The Morgan fingerprint density at radius 3 is 0.683 bits per heavy atom. The molecule has 5 heteroatoms. The summed E-state index contributed by atoms with van der Waals surface area (Å²) in [6, 6.07) is 0. The van der Waals surface area contributed by atoms with Crippen molar-refractivity contribution in [2.24, 2.45) is 0 Å². The summed E-state index contributed by atoms with van der Waals surface area (Å²) in [6.45, 7) is 4.55. The fourth-order valence-corrected chi connectivity index (χ4v) is 5.51. The molecule has 0 fully saturated rings. The number of carbonyl (C=O) groups is 2. The van der Waals surface area contributed by atoms with E-state index in [1.54, 1.807) is 0 Å². The first-order valence-electron chi connectivity index (χ1n) is 17.9. The van der Waals surface area contributed by atoms with Crippen molar-refractivity contribution in [1.29, 1.82) is 0 Å². The Labute approximate surface area is 343 Å². The van der Waals surface area contributed by atoms with E-state index in [1.165, 1.54) is 167 Å².